The average molecular weight is 268 g/mol. The molecule has 0 saturated heterocycles. The lowest BCUT2D eigenvalue weighted by atomic mass is 10.0. The van der Waals surface area contributed by atoms with Gasteiger partial charge in [-0.25, -0.2) is 4.98 Å². The van der Waals surface area contributed by atoms with Crippen LogP contribution in [0.2, 0.25) is 0 Å². The summed E-state index contributed by atoms with van der Waals surface area (Å²) >= 11 is 0. The number of fused-ring (bicyclic) bond motifs is 1. The maximum absolute atomic E-state index is 5.39. The fourth-order valence-corrected chi connectivity index (χ4v) is 2.26. The van der Waals surface area contributed by atoms with Crippen LogP contribution in [0.5, 0.6) is 5.75 Å². The van der Waals surface area contributed by atoms with Crippen LogP contribution in [0.25, 0.3) is 22.2 Å². The molecule has 20 heavy (non-hydrogen) atoms. The molecule has 4 nitrogen and oxygen atoms in total. The van der Waals surface area contributed by atoms with E-state index in [0.29, 0.717) is 0 Å². The summed E-state index contributed by atoms with van der Waals surface area (Å²) in [5, 5.41) is 0. The normalized spacial score (nSPS) is 10.8. The number of rotatable bonds is 3. The Hall–Kier alpha value is -2.49. The van der Waals surface area contributed by atoms with Crippen LogP contribution in [0.4, 0.5) is 5.69 Å². The molecule has 0 aliphatic heterocycles. The monoisotopic (exact) mass is 268 g/mol. The van der Waals surface area contributed by atoms with E-state index in [0.717, 1.165) is 33.7 Å². The first-order valence-electron chi connectivity index (χ1n) is 6.38. The van der Waals surface area contributed by atoms with Gasteiger partial charge in [0.05, 0.1) is 12.8 Å². The van der Waals surface area contributed by atoms with Crippen LogP contribution in [-0.4, -0.2) is 26.2 Å². The molecule has 0 saturated carbocycles. The summed E-state index contributed by atoms with van der Waals surface area (Å²) in [6, 6.07) is 12.1. The van der Waals surface area contributed by atoms with Crippen LogP contribution in [0.15, 0.2) is 47.2 Å². The second kappa shape index (κ2) is 4.89. The van der Waals surface area contributed by atoms with Gasteiger partial charge in [0.1, 0.15) is 11.3 Å². The largest absolute Gasteiger partial charge is 0.495 e. The van der Waals surface area contributed by atoms with Crippen LogP contribution >= 0.6 is 0 Å². The molecule has 3 rings (SSSR count). The van der Waals surface area contributed by atoms with Crippen molar-refractivity contribution in [2.24, 2.45) is 0 Å². The van der Waals surface area contributed by atoms with Gasteiger partial charge < -0.3 is 14.1 Å². The van der Waals surface area contributed by atoms with Gasteiger partial charge in [-0.15, -0.1) is 0 Å². The number of methoxy groups -OCH3 is 1. The lowest BCUT2D eigenvalue weighted by molar-refractivity contribution is 0.415. The van der Waals surface area contributed by atoms with Crippen LogP contribution in [0, 0.1) is 0 Å². The minimum atomic E-state index is 0.801. The summed E-state index contributed by atoms with van der Waals surface area (Å²) in [5.41, 5.74) is 4.95. The van der Waals surface area contributed by atoms with Crippen molar-refractivity contribution in [2.75, 3.05) is 26.1 Å². The summed E-state index contributed by atoms with van der Waals surface area (Å²) in [5.74, 6) is 0.862. The summed E-state index contributed by atoms with van der Waals surface area (Å²) in [7, 11) is 5.69. The third-order valence-corrected chi connectivity index (χ3v) is 3.32. The highest BCUT2D eigenvalue weighted by molar-refractivity contribution is 5.81. The van der Waals surface area contributed by atoms with Crippen molar-refractivity contribution in [3.63, 3.8) is 0 Å². The van der Waals surface area contributed by atoms with Gasteiger partial charge in [0.2, 0.25) is 0 Å². The number of oxazole rings is 1. The second-order valence-corrected chi connectivity index (χ2v) is 4.82. The minimum absolute atomic E-state index is 0.801. The molecular weight excluding hydrogens is 252 g/mol. The van der Waals surface area contributed by atoms with E-state index in [1.165, 1.54) is 6.39 Å². The number of hydrogen-bond acceptors (Lipinski definition) is 4. The van der Waals surface area contributed by atoms with Gasteiger partial charge in [0.25, 0.3) is 0 Å². The van der Waals surface area contributed by atoms with E-state index in [1.807, 2.05) is 49.3 Å². The van der Waals surface area contributed by atoms with Gasteiger partial charge >= 0.3 is 0 Å². The summed E-state index contributed by atoms with van der Waals surface area (Å²) in [4.78, 5) is 6.23. The Bertz CT molecular complexity index is 747. The highest BCUT2D eigenvalue weighted by Crippen LogP contribution is 2.33. The molecule has 0 N–H and O–H groups in total. The molecule has 1 heterocycles. The number of anilines is 1. The molecule has 2 aromatic carbocycles. The lowest BCUT2D eigenvalue weighted by Crippen LogP contribution is -2.10. The molecular formula is C16H16N2O2. The molecule has 0 aliphatic carbocycles. The molecule has 4 heteroatoms. The lowest BCUT2D eigenvalue weighted by Gasteiger charge is -2.17. The Labute approximate surface area is 117 Å². The Morgan fingerprint density at radius 3 is 2.55 bits per heavy atom. The molecule has 0 spiro atoms. The summed E-state index contributed by atoms with van der Waals surface area (Å²) in [6.07, 6.45) is 1.47. The van der Waals surface area contributed by atoms with E-state index in [9.17, 15) is 0 Å². The molecule has 0 atom stereocenters. The Morgan fingerprint density at radius 1 is 1.05 bits per heavy atom. The molecule has 1 aromatic heterocycles. The number of ether oxygens (including phenoxy) is 1. The van der Waals surface area contributed by atoms with Crippen molar-refractivity contribution >= 4 is 16.8 Å². The quantitative estimate of drug-likeness (QED) is 0.728. The van der Waals surface area contributed by atoms with Crippen molar-refractivity contribution in [1.82, 2.24) is 4.98 Å². The predicted molar refractivity (Wildman–Crippen MR) is 80.3 cm³/mol. The fourth-order valence-electron chi connectivity index (χ4n) is 2.26. The van der Waals surface area contributed by atoms with E-state index in [1.54, 1.807) is 7.11 Å². The van der Waals surface area contributed by atoms with Crippen LogP contribution in [-0.2, 0) is 0 Å². The van der Waals surface area contributed by atoms with Gasteiger partial charge in [-0.1, -0.05) is 12.1 Å². The maximum atomic E-state index is 5.39. The second-order valence-electron chi connectivity index (χ2n) is 4.82. The number of benzene rings is 2. The van der Waals surface area contributed by atoms with Gasteiger partial charge in [0, 0.05) is 14.1 Å². The van der Waals surface area contributed by atoms with Crippen LogP contribution in [0.1, 0.15) is 0 Å². The van der Waals surface area contributed by atoms with Gasteiger partial charge in [0.15, 0.2) is 12.0 Å². The van der Waals surface area contributed by atoms with E-state index in [2.05, 4.69) is 11.1 Å². The number of aromatic nitrogens is 1. The summed E-state index contributed by atoms with van der Waals surface area (Å²) < 4.78 is 10.7. The molecule has 0 bridgehead atoms. The topological polar surface area (TPSA) is 38.5 Å². The molecule has 0 fully saturated rings. The van der Waals surface area contributed by atoms with Crippen molar-refractivity contribution < 1.29 is 9.15 Å². The standard InChI is InChI=1S/C16H16N2O2/c1-18(2)14-9-12(5-7-16(14)19-3)11-4-6-15-13(8-11)17-10-20-15/h4-10H,1-3H3. The van der Waals surface area contributed by atoms with E-state index >= 15 is 0 Å². The minimum Gasteiger partial charge on any atom is -0.495 e. The third kappa shape index (κ3) is 2.09. The average Bonchev–Trinajstić information content (AvgIpc) is 2.93. The smallest absolute Gasteiger partial charge is 0.181 e. The van der Waals surface area contributed by atoms with Gasteiger partial charge in [-0.3, -0.25) is 0 Å². The Morgan fingerprint density at radius 2 is 1.80 bits per heavy atom. The van der Waals surface area contributed by atoms with Gasteiger partial charge in [-0.2, -0.15) is 0 Å². The zero-order valence-corrected chi connectivity index (χ0v) is 11.8. The Kier molecular flexibility index (Phi) is 3.06. The molecule has 0 radical (unpaired) electrons. The zero-order valence-electron chi connectivity index (χ0n) is 11.8. The number of hydrogen-bond donors (Lipinski definition) is 0. The summed E-state index contributed by atoms with van der Waals surface area (Å²) in [6.45, 7) is 0. The van der Waals surface area contributed by atoms with E-state index in [4.69, 9.17) is 9.15 Å². The Balaban J connectivity index is 2.11. The molecule has 0 amide bonds. The molecule has 102 valence electrons. The first-order valence-corrected chi connectivity index (χ1v) is 6.38. The van der Waals surface area contributed by atoms with Crippen LogP contribution in [0.3, 0.4) is 0 Å². The third-order valence-electron chi connectivity index (χ3n) is 3.32. The first-order chi connectivity index (χ1) is 9.69. The van der Waals surface area contributed by atoms with Crippen molar-refractivity contribution in [2.45, 2.75) is 0 Å². The number of nitrogens with zero attached hydrogens (tertiary/aromatic N) is 2. The maximum Gasteiger partial charge on any atom is 0.181 e. The zero-order chi connectivity index (χ0) is 14.1. The molecule has 0 aliphatic rings. The van der Waals surface area contributed by atoms with E-state index < -0.39 is 0 Å². The first kappa shape index (κ1) is 12.5. The van der Waals surface area contributed by atoms with E-state index in [-0.39, 0.29) is 0 Å². The molecule has 3 aromatic rings. The van der Waals surface area contributed by atoms with Crippen molar-refractivity contribution in [3.05, 3.63) is 42.8 Å². The highest BCUT2D eigenvalue weighted by atomic mass is 16.5. The highest BCUT2D eigenvalue weighted by Gasteiger charge is 2.09. The van der Waals surface area contributed by atoms with Crippen LogP contribution < -0.4 is 9.64 Å². The van der Waals surface area contributed by atoms with Crippen molar-refractivity contribution in [1.29, 1.82) is 0 Å². The van der Waals surface area contributed by atoms with Gasteiger partial charge in [-0.05, 0) is 35.4 Å². The fraction of sp³-hybridized carbons (Fsp3) is 0.188. The predicted octanol–water partition coefficient (Wildman–Crippen LogP) is 3.57. The molecule has 0 unspecified atom stereocenters. The SMILES string of the molecule is COc1ccc(-c2ccc3ocnc3c2)cc1N(C)C. The van der Waals surface area contributed by atoms with Crippen molar-refractivity contribution in [3.8, 4) is 16.9 Å².